The largest absolute Gasteiger partial charge is 0.496 e. The van der Waals surface area contributed by atoms with E-state index < -0.39 is 6.04 Å². The lowest BCUT2D eigenvalue weighted by molar-refractivity contribution is -0.132. The smallest absolute Gasteiger partial charge is 0.244 e. The molecule has 8 heteroatoms. The molecule has 0 fully saturated rings. The number of H-pyrrole nitrogens is 1. The van der Waals surface area contributed by atoms with Crippen molar-refractivity contribution >= 4 is 16.9 Å². The van der Waals surface area contributed by atoms with Crippen LogP contribution in [0.5, 0.6) is 5.75 Å². The molecule has 0 saturated carbocycles. The normalized spacial score (nSPS) is 12.2. The van der Waals surface area contributed by atoms with Gasteiger partial charge in [0.1, 0.15) is 11.8 Å². The SMILES string of the molecule is CNC(C(=O)N(C)CCN(C)C)c1cccc(-c2cnc3n[nH]c(-c4ccccc4OC)c3c2)c1. The molecule has 0 aliphatic carbocycles. The number of likely N-dealkylation sites (N-methyl/N-ethyl adjacent to an activating group) is 3. The summed E-state index contributed by atoms with van der Waals surface area (Å²) in [5, 5.41) is 11.6. The van der Waals surface area contributed by atoms with E-state index in [4.69, 9.17) is 4.74 Å². The summed E-state index contributed by atoms with van der Waals surface area (Å²) in [6, 6.07) is 17.5. The second-order valence-electron chi connectivity index (χ2n) is 8.80. The van der Waals surface area contributed by atoms with E-state index in [1.54, 1.807) is 12.0 Å². The number of rotatable bonds is 9. The van der Waals surface area contributed by atoms with Gasteiger partial charge >= 0.3 is 0 Å². The molecule has 182 valence electrons. The number of para-hydroxylation sites is 1. The Kier molecular flexibility index (Phi) is 7.43. The molecule has 0 aliphatic rings. The number of aromatic nitrogens is 3. The minimum Gasteiger partial charge on any atom is -0.496 e. The Balaban J connectivity index is 1.68. The number of hydrogen-bond donors (Lipinski definition) is 2. The Morgan fingerprint density at radius 2 is 1.86 bits per heavy atom. The highest BCUT2D eigenvalue weighted by Crippen LogP contribution is 2.34. The third-order valence-electron chi connectivity index (χ3n) is 6.13. The van der Waals surface area contributed by atoms with Crippen molar-refractivity contribution in [2.24, 2.45) is 0 Å². The van der Waals surface area contributed by atoms with E-state index in [1.165, 1.54) is 0 Å². The van der Waals surface area contributed by atoms with Crippen LogP contribution in [0.25, 0.3) is 33.4 Å². The predicted octanol–water partition coefficient (Wildman–Crippen LogP) is 3.58. The fourth-order valence-corrected chi connectivity index (χ4v) is 4.13. The van der Waals surface area contributed by atoms with Crippen LogP contribution in [0.15, 0.2) is 60.8 Å². The lowest BCUT2D eigenvalue weighted by Gasteiger charge is -2.25. The van der Waals surface area contributed by atoms with Crippen molar-refractivity contribution in [1.29, 1.82) is 0 Å². The van der Waals surface area contributed by atoms with Gasteiger partial charge in [0.15, 0.2) is 5.65 Å². The van der Waals surface area contributed by atoms with Gasteiger partial charge in [-0.05, 0) is 56.5 Å². The molecule has 1 atom stereocenters. The van der Waals surface area contributed by atoms with Gasteiger partial charge in [0, 0.05) is 42.8 Å². The van der Waals surface area contributed by atoms with E-state index in [0.29, 0.717) is 12.2 Å². The second kappa shape index (κ2) is 10.7. The van der Waals surface area contributed by atoms with Crippen LogP contribution in [-0.2, 0) is 4.79 Å². The van der Waals surface area contributed by atoms with Crippen LogP contribution in [0.3, 0.4) is 0 Å². The summed E-state index contributed by atoms with van der Waals surface area (Å²) >= 11 is 0. The first kappa shape index (κ1) is 24.4. The van der Waals surface area contributed by atoms with E-state index >= 15 is 0 Å². The average Bonchev–Trinajstić information content (AvgIpc) is 3.30. The molecule has 0 spiro atoms. The third-order valence-corrected chi connectivity index (χ3v) is 6.13. The topological polar surface area (TPSA) is 86.4 Å². The zero-order valence-corrected chi connectivity index (χ0v) is 20.9. The molecule has 2 N–H and O–H groups in total. The number of nitrogens with zero attached hydrogens (tertiary/aromatic N) is 4. The van der Waals surface area contributed by atoms with Crippen molar-refractivity contribution in [2.45, 2.75) is 6.04 Å². The highest BCUT2D eigenvalue weighted by atomic mass is 16.5. The first-order chi connectivity index (χ1) is 16.9. The molecular formula is C27H32N6O2. The second-order valence-corrected chi connectivity index (χ2v) is 8.80. The Morgan fingerprint density at radius 1 is 1.06 bits per heavy atom. The van der Waals surface area contributed by atoms with E-state index in [9.17, 15) is 4.79 Å². The van der Waals surface area contributed by atoms with Crippen LogP contribution in [0, 0.1) is 0 Å². The number of methoxy groups -OCH3 is 1. The molecule has 8 nitrogen and oxygen atoms in total. The maximum Gasteiger partial charge on any atom is 0.244 e. The Bertz CT molecular complexity index is 1320. The summed E-state index contributed by atoms with van der Waals surface area (Å²) in [5.74, 6) is 0.799. The summed E-state index contributed by atoms with van der Waals surface area (Å²) in [7, 11) is 9.32. The molecule has 4 rings (SSSR count). The summed E-state index contributed by atoms with van der Waals surface area (Å²) < 4.78 is 5.55. The van der Waals surface area contributed by atoms with Crippen molar-refractivity contribution < 1.29 is 9.53 Å². The number of fused-ring (bicyclic) bond motifs is 1. The van der Waals surface area contributed by atoms with Crippen LogP contribution >= 0.6 is 0 Å². The minimum absolute atomic E-state index is 0.0355. The van der Waals surface area contributed by atoms with E-state index in [0.717, 1.165) is 45.6 Å². The van der Waals surface area contributed by atoms with Gasteiger partial charge in [-0.15, -0.1) is 0 Å². The summed E-state index contributed by atoms with van der Waals surface area (Å²) in [6.45, 7) is 1.47. The number of pyridine rings is 1. The highest BCUT2D eigenvalue weighted by molar-refractivity contribution is 5.94. The van der Waals surface area contributed by atoms with Crippen LogP contribution in [-0.4, -0.2) is 79.3 Å². The molecule has 0 saturated heterocycles. The van der Waals surface area contributed by atoms with Gasteiger partial charge in [-0.2, -0.15) is 5.10 Å². The number of aromatic amines is 1. The van der Waals surface area contributed by atoms with Crippen molar-refractivity contribution in [3.8, 4) is 28.1 Å². The van der Waals surface area contributed by atoms with Crippen molar-refractivity contribution in [2.75, 3.05) is 48.4 Å². The molecule has 0 aliphatic heterocycles. The fourth-order valence-electron chi connectivity index (χ4n) is 4.13. The highest BCUT2D eigenvalue weighted by Gasteiger charge is 2.23. The van der Waals surface area contributed by atoms with Gasteiger partial charge in [-0.25, -0.2) is 4.98 Å². The lowest BCUT2D eigenvalue weighted by Crippen LogP contribution is -2.40. The van der Waals surface area contributed by atoms with Crippen molar-refractivity contribution in [1.82, 2.24) is 30.3 Å². The number of hydrogen-bond acceptors (Lipinski definition) is 6. The van der Waals surface area contributed by atoms with Crippen molar-refractivity contribution in [3.05, 3.63) is 66.4 Å². The Hall–Kier alpha value is -3.75. The maximum absolute atomic E-state index is 13.1. The molecule has 2 aromatic carbocycles. The van der Waals surface area contributed by atoms with E-state index in [2.05, 4.69) is 31.5 Å². The Labute approximate surface area is 205 Å². The number of carbonyl (C=O) groups is 1. The van der Waals surface area contributed by atoms with Crippen LogP contribution in [0.1, 0.15) is 11.6 Å². The number of benzene rings is 2. The quantitative estimate of drug-likeness (QED) is 0.387. The number of amides is 1. The summed E-state index contributed by atoms with van der Waals surface area (Å²) in [5.41, 5.74) is 5.24. The van der Waals surface area contributed by atoms with Crippen molar-refractivity contribution in [3.63, 3.8) is 0 Å². The van der Waals surface area contributed by atoms with Gasteiger partial charge in [0.2, 0.25) is 5.91 Å². The van der Waals surface area contributed by atoms with Crippen LogP contribution in [0.2, 0.25) is 0 Å². The molecule has 0 bridgehead atoms. The predicted molar refractivity (Wildman–Crippen MR) is 139 cm³/mol. The number of nitrogens with one attached hydrogen (secondary N) is 2. The van der Waals surface area contributed by atoms with Gasteiger partial charge in [0.25, 0.3) is 0 Å². The molecule has 0 radical (unpaired) electrons. The number of ether oxygens (including phenoxy) is 1. The zero-order valence-electron chi connectivity index (χ0n) is 20.9. The van der Waals surface area contributed by atoms with Gasteiger partial charge in [-0.1, -0.05) is 30.3 Å². The van der Waals surface area contributed by atoms with E-state index in [-0.39, 0.29) is 5.91 Å². The van der Waals surface area contributed by atoms with Gasteiger partial charge in [-0.3, -0.25) is 9.89 Å². The Morgan fingerprint density at radius 3 is 2.60 bits per heavy atom. The zero-order chi connectivity index (χ0) is 24.9. The fraction of sp³-hybridized carbons (Fsp3) is 0.296. The average molecular weight is 473 g/mol. The molecule has 1 unspecified atom stereocenters. The third kappa shape index (κ3) is 5.18. The molecule has 2 heterocycles. The molecule has 1 amide bonds. The molecule has 2 aromatic heterocycles. The first-order valence-electron chi connectivity index (χ1n) is 11.6. The summed E-state index contributed by atoms with van der Waals surface area (Å²) in [4.78, 5) is 21.6. The van der Waals surface area contributed by atoms with Gasteiger partial charge < -0.3 is 19.9 Å². The monoisotopic (exact) mass is 472 g/mol. The molecular weight excluding hydrogens is 440 g/mol. The number of carbonyl (C=O) groups excluding carboxylic acids is 1. The molecule has 35 heavy (non-hydrogen) atoms. The van der Waals surface area contributed by atoms with E-state index in [1.807, 2.05) is 82.9 Å². The van der Waals surface area contributed by atoms with Gasteiger partial charge in [0.05, 0.1) is 12.8 Å². The minimum atomic E-state index is -0.433. The van der Waals surface area contributed by atoms with Crippen LogP contribution < -0.4 is 10.1 Å². The maximum atomic E-state index is 13.1. The molecule has 4 aromatic rings. The summed E-state index contributed by atoms with van der Waals surface area (Å²) in [6.07, 6.45) is 1.81. The standard InChI is InChI=1S/C27H32N6O2/c1-28-24(27(34)33(4)14-13-32(2)3)19-10-8-9-18(15-19)20-16-22-25(30-31-26(22)29-17-20)21-11-6-7-12-23(21)35-5/h6-12,15-17,24,28H,13-14H2,1-5H3,(H,29,30,31). The first-order valence-corrected chi connectivity index (χ1v) is 11.6. The lowest BCUT2D eigenvalue weighted by atomic mass is 9.98. The van der Waals surface area contributed by atoms with Crippen LogP contribution in [0.4, 0.5) is 0 Å².